The van der Waals surface area contributed by atoms with E-state index in [2.05, 4.69) is 4.98 Å². The van der Waals surface area contributed by atoms with E-state index >= 15 is 0 Å². The Morgan fingerprint density at radius 2 is 2.21 bits per heavy atom. The second-order valence-corrected chi connectivity index (χ2v) is 7.72. The number of nitro groups is 1. The van der Waals surface area contributed by atoms with Gasteiger partial charge in [-0.2, -0.15) is 0 Å². The molecule has 0 fully saturated rings. The van der Waals surface area contributed by atoms with Crippen LogP contribution in [0.4, 0.5) is 5.69 Å². The van der Waals surface area contributed by atoms with E-state index in [0.29, 0.717) is 32.8 Å². The van der Waals surface area contributed by atoms with Crippen molar-refractivity contribution in [1.82, 2.24) is 9.55 Å². The number of fused-ring (bicyclic) bond motifs is 2. The van der Waals surface area contributed by atoms with Gasteiger partial charge < -0.3 is 4.74 Å². The monoisotopic (exact) mass is 399 g/mol. The number of benzene rings is 1. The van der Waals surface area contributed by atoms with E-state index in [1.54, 1.807) is 30.5 Å². The third kappa shape index (κ3) is 2.97. The highest BCUT2D eigenvalue weighted by atomic mass is 32.1. The summed E-state index contributed by atoms with van der Waals surface area (Å²) in [6.07, 6.45) is 0.982. The molecule has 8 nitrogen and oxygen atoms in total. The molecule has 2 aromatic heterocycles. The predicted molar refractivity (Wildman–Crippen MR) is 104 cm³/mol. The zero-order valence-electron chi connectivity index (χ0n) is 15.3. The fourth-order valence-electron chi connectivity index (χ4n) is 3.44. The molecule has 0 bridgehead atoms. The molecule has 0 saturated carbocycles. The van der Waals surface area contributed by atoms with Crippen molar-refractivity contribution < 1.29 is 14.5 Å². The Hall–Kier alpha value is -3.07. The molecule has 3 heterocycles. The summed E-state index contributed by atoms with van der Waals surface area (Å²) in [6, 6.07) is 5.98. The Kier molecular flexibility index (Phi) is 4.46. The van der Waals surface area contributed by atoms with Crippen LogP contribution in [0, 0.1) is 17.0 Å². The van der Waals surface area contributed by atoms with Gasteiger partial charge >= 0.3 is 5.97 Å². The van der Waals surface area contributed by atoms with E-state index in [1.807, 2.05) is 0 Å². The molecule has 1 aliphatic heterocycles. The minimum Gasteiger partial charge on any atom is -0.454 e. The zero-order chi connectivity index (χ0) is 20.0. The molecule has 1 atom stereocenters. The van der Waals surface area contributed by atoms with Gasteiger partial charge in [0.2, 0.25) is 0 Å². The first-order chi connectivity index (χ1) is 13.4. The van der Waals surface area contributed by atoms with Crippen molar-refractivity contribution in [3.05, 3.63) is 66.6 Å². The van der Waals surface area contributed by atoms with Crippen molar-refractivity contribution in [2.45, 2.75) is 39.3 Å². The number of nitro benzene ring substituents is 1. The van der Waals surface area contributed by atoms with Gasteiger partial charge in [-0.15, -0.1) is 11.3 Å². The maximum absolute atomic E-state index is 12.7. The molecule has 4 rings (SSSR count). The number of ether oxygens (including phenoxy) is 1. The molecule has 3 aromatic rings. The van der Waals surface area contributed by atoms with E-state index in [1.165, 1.54) is 12.1 Å². The second-order valence-electron chi connectivity index (χ2n) is 6.72. The number of thiophene rings is 1. The lowest BCUT2D eigenvalue weighted by molar-refractivity contribution is -0.385. The quantitative estimate of drug-likeness (QED) is 0.378. The summed E-state index contributed by atoms with van der Waals surface area (Å²) in [5.41, 5.74) is 0.914. The van der Waals surface area contributed by atoms with Crippen LogP contribution in [0.15, 0.2) is 29.1 Å². The number of carbonyl (C=O) groups is 1. The van der Waals surface area contributed by atoms with E-state index in [0.717, 1.165) is 30.0 Å². The number of rotatable bonds is 4. The first kappa shape index (κ1) is 18.3. The van der Waals surface area contributed by atoms with Crippen LogP contribution in [0.25, 0.3) is 10.2 Å². The lowest BCUT2D eigenvalue weighted by atomic mass is 10.1. The van der Waals surface area contributed by atoms with Crippen molar-refractivity contribution in [3.8, 4) is 0 Å². The van der Waals surface area contributed by atoms with Crippen LogP contribution in [0.1, 0.15) is 46.1 Å². The Morgan fingerprint density at radius 1 is 1.43 bits per heavy atom. The fraction of sp³-hybridized carbons (Fsp3) is 0.316. The summed E-state index contributed by atoms with van der Waals surface area (Å²) in [7, 11) is 0. The summed E-state index contributed by atoms with van der Waals surface area (Å²) in [6.45, 7) is 4.02. The summed E-state index contributed by atoms with van der Waals surface area (Å²) in [5, 5.41) is 11.4. The van der Waals surface area contributed by atoms with Crippen molar-refractivity contribution in [1.29, 1.82) is 0 Å². The van der Waals surface area contributed by atoms with Crippen LogP contribution < -0.4 is 5.56 Å². The van der Waals surface area contributed by atoms with E-state index in [4.69, 9.17) is 4.74 Å². The van der Waals surface area contributed by atoms with Gasteiger partial charge in [-0.25, -0.2) is 9.78 Å². The van der Waals surface area contributed by atoms with Crippen LogP contribution in [0.2, 0.25) is 0 Å². The van der Waals surface area contributed by atoms with Gasteiger partial charge in [-0.05, 0) is 31.4 Å². The molecule has 0 unspecified atom stereocenters. The van der Waals surface area contributed by atoms with Crippen LogP contribution in [-0.4, -0.2) is 20.4 Å². The highest BCUT2D eigenvalue weighted by Gasteiger charge is 2.25. The summed E-state index contributed by atoms with van der Waals surface area (Å²) < 4.78 is 7.19. The molecule has 0 spiro atoms. The Balaban J connectivity index is 1.65. The summed E-state index contributed by atoms with van der Waals surface area (Å²) >= 11 is 1.15. The highest BCUT2D eigenvalue weighted by Crippen LogP contribution is 2.31. The Morgan fingerprint density at radius 3 is 2.96 bits per heavy atom. The second kappa shape index (κ2) is 6.83. The first-order valence-corrected chi connectivity index (χ1v) is 9.66. The molecule has 9 heteroatoms. The molecule has 0 saturated heterocycles. The van der Waals surface area contributed by atoms with Crippen molar-refractivity contribution in [3.63, 3.8) is 0 Å². The number of non-ortho nitro benzene ring substituents is 1. The van der Waals surface area contributed by atoms with E-state index in [9.17, 15) is 19.7 Å². The van der Waals surface area contributed by atoms with Crippen molar-refractivity contribution >= 4 is 33.2 Å². The molecule has 1 aromatic carbocycles. The molecular weight excluding hydrogens is 382 g/mol. The van der Waals surface area contributed by atoms with Gasteiger partial charge in [0.1, 0.15) is 21.6 Å². The SMILES string of the molecule is Cc1c(C(=O)O[C@H](C)c2cccc([N+](=O)[O-])c2)sc2nc3n(c(=O)c12)CCC3. The third-order valence-corrected chi connectivity index (χ3v) is 6.10. The normalized spacial score (nSPS) is 14.1. The molecular formula is C19H17N3O5S. The lowest BCUT2D eigenvalue weighted by Gasteiger charge is -2.13. The molecule has 0 radical (unpaired) electrons. The lowest BCUT2D eigenvalue weighted by Crippen LogP contribution is -2.20. The minimum atomic E-state index is -0.670. The standard InChI is InChI=1S/C19H17N3O5S/c1-10-15-17(20-14-7-4-8-21(14)18(15)23)28-16(10)19(24)27-11(2)12-5-3-6-13(9-12)22(25)26/h3,5-6,9,11H,4,7-8H2,1-2H3/t11-/m1/s1. The number of esters is 1. The zero-order valence-corrected chi connectivity index (χ0v) is 16.1. The summed E-state index contributed by atoms with van der Waals surface area (Å²) in [5.74, 6) is 0.188. The van der Waals surface area contributed by atoms with Gasteiger partial charge in [0.05, 0.1) is 10.3 Å². The number of hydrogen-bond donors (Lipinski definition) is 0. The largest absolute Gasteiger partial charge is 0.454 e. The number of aryl methyl sites for hydroxylation is 2. The average molecular weight is 399 g/mol. The number of aromatic nitrogens is 2. The molecule has 0 N–H and O–H groups in total. The predicted octanol–water partition coefficient (Wildman–Crippen LogP) is 3.54. The van der Waals surface area contributed by atoms with Crippen molar-refractivity contribution in [2.75, 3.05) is 0 Å². The Labute approximate surface area is 163 Å². The molecule has 144 valence electrons. The van der Waals surface area contributed by atoms with Gasteiger partial charge in [0, 0.05) is 25.1 Å². The van der Waals surface area contributed by atoms with Gasteiger partial charge in [0.25, 0.3) is 11.2 Å². The molecule has 1 aliphatic rings. The topological polar surface area (TPSA) is 104 Å². The van der Waals surface area contributed by atoms with Gasteiger partial charge in [0.15, 0.2) is 0 Å². The first-order valence-electron chi connectivity index (χ1n) is 8.85. The average Bonchev–Trinajstić information content (AvgIpc) is 3.27. The number of hydrogen-bond acceptors (Lipinski definition) is 7. The van der Waals surface area contributed by atoms with Crippen LogP contribution in [0.3, 0.4) is 0 Å². The maximum Gasteiger partial charge on any atom is 0.349 e. The van der Waals surface area contributed by atoms with Crippen LogP contribution in [-0.2, 0) is 17.7 Å². The van der Waals surface area contributed by atoms with Crippen molar-refractivity contribution in [2.24, 2.45) is 0 Å². The molecule has 0 aliphatic carbocycles. The summed E-state index contributed by atoms with van der Waals surface area (Å²) in [4.78, 5) is 41.3. The number of nitrogens with zero attached hydrogens (tertiary/aromatic N) is 3. The number of carbonyl (C=O) groups excluding carboxylic acids is 1. The van der Waals surface area contributed by atoms with Gasteiger partial charge in [-0.1, -0.05) is 12.1 Å². The fourth-order valence-corrected chi connectivity index (χ4v) is 4.52. The van der Waals surface area contributed by atoms with E-state index < -0.39 is 17.0 Å². The van der Waals surface area contributed by atoms with E-state index in [-0.39, 0.29) is 11.2 Å². The van der Waals surface area contributed by atoms with Gasteiger partial charge in [-0.3, -0.25) is 19.5 Å². The molecule has 0 amide bonds. The maximum atomic E-state index is 12.7. The molecule has 28 heavy (non-hydrogen) atoms. The highest BCUT2D eigenvalue weighted by molar-refractivity contribution is 7.20. The van der Waals surface area contributed by atoms with Crippen LogP contribution >= 0.6 is 11.3 Å². The minimum absolute atomic E-state index is 0.0646. The smallest absolute Gasteiger partial charge is 0.349 e. The third-order valence-electron chi connectivity index (χ3n) is 4.93. The Bertz CT molecular complexity index is 1180. The van der Waals surface area contributed by atoms with Crippen LogP contribution in [0.5, 0.6) is 0 Å².